The first-order chi connectivity index (χ1) is 10.6. The van der Waals surface area contributed by atoms with Gasteiger partial charge in [-0.05, 0) is 23.6 Å². The van der Waals surface area contributed by atoms with Gasteiger partial charge in [-0.15, -0.1) is 16.4 Å². The first-order valence-corrected chi connectivity index (χ1v) is 7.41. The van der Waals surface area contributed by atoms with E-state index in [2.05, 4.69) is 15.4 Å². The molecule has 3 aromatic heterocycles. The second-order valence-electron chi connectivity index (χ2n) is 4.20. The van der Waals surface area contributed by atoms with Gasteiger partial charge in [-0.1, -0.05) is 17.7 Å². The smallest absolute Gasteiger partial charge is 0.387 e. The minimum Gasteiger partial charge on any atom is -0.387 e. The third-order valence-electron chi connectivity index (χ3n) is 2.66. The summed E-state index contributed by atoms with van der Waals surface area (Å²) in [6, 6.07) is 6.83. The summed E-state index contributed by atoms with van der Waals surface area (Å²) < 4.78 is 5.98. The van der Waals surface area contributed by atoms with Crippen LogP contribution in [0.5, 0.6) is 0 Å². The number of halogens is 1. The standard InChI is InChI=1S/C13H9ClN4O3S/c14-11-8(3-1-5-15-11)16-10(19)7-18-13(20)21-12(17-18)9-4-2-6-22-9/h1-6H,7H2,(H,16,19). The zero-order valence-electron chi connectivity index (χ0n) is 11.0. The van der Waals surface area contributed by atoms with Crippen LogP contribution in [0.1, 0.15) is 0 Å². The van der Waals surface area contributed by atoms with Crippen LogP contribution in [-0.4, -0.2) is 20.7 Å². The van der Waals surface area contributed by atoms with Gasteiger partial charge in [-0.2, -0.15) is 4.68 Å². The van der Waals surface area contributed by atoms with Gasteiger partial charge >= 0.3 is 5.76 Å². The summed E-state index contributed by atoms with van der Waals surface area (Å²) in [4.78, 5) is 28.2. The van der Waals surface area contributed by atoms with E-state index in [1.165, 1.54) is 17.5 Å². The molecule has 0 aliphatic rings. The van der Waals surface area contributed by atoms with E-state index in [0.29, 0.717) is 10.6 Å². The fourth-order valence-corrected chi connectivity index (χ4v) is 2.52. The number of nitrogens with zero attached hydrogens (tertiary/aromatic N) is 3. The third-order valence-corrected chi connectivity index (χ3v) is 3.82. The molecule has 1 amide bonds. The summed E-state index contributed by atoms with van der Waals surface area (Å²) in [6.45, 7) is -0.279. The average molecular weight is 337 g/mol. The van der Waals surface area contributed by atoms with E-state index in [9.17, 15) is 9.59 Å². The molecular weight excluding hydrogens is 328 g/mol. The topological polar surface area (TPSA) is 90.0 Å². The van der Waals surface area contributed by atoms with Crippen molar-refractivity contribution < 1.29 is 9.21 Å². The lowest BCUT2D eigenvalue weighted by molar-refractivity contribution is -0.117. The molecule has 0 spiro atoms. The maximum atomic E-state index is 11.9. The number of hydrogen-bond acceptors (Lipinski definition) is 6. The summed E-state index contributed by atoms with van der Waals surface area (Å²) in [5.74, 6) is -0.967. The first-order valence-electron chi connectivity index (χ1n) is 6.15. The Labute approximate surface area is 133 Å². The van der Waals surface area contributed by atoms with Crippen LogP contribution in [0.15, 0.2) is 45.1 Å². The van der Waals surface area contributed by atoms with Gasteiger partial charge in [0.05, 0.1) is 10.6 Å². The molecule has 0 unspecified atom stereocenters. The molecule has 3 heterocycles. The Balaban J connectivity index is 1.75. The van der Waals surface area contributed by atoms with Crippen molar-refractivity contribution in [2.75, 3.05) is 5.32 Å². The van der Waals surface area contributed by atoms with Gasteiger partial charge in [-0.3, -0.25) is 4.79 Å². The maximum absolute atomic E-state index is 11.9. The summed E-state index contributed by atoms with van der Waals surface area (Å²) >= 11 is 7.23. The summed E-state index contributed by atoms with van der Waals surface area (Å²) in [6.07, 6.45) is 1.51. The van der Waals surface area contributed by atoms with E-state index in [4.69, 9.17) is 16.0 Å². The van der Waals surface area contributed by atoms with Gasteiger partial charge in [0.25, 0.3) is 5.89 Å². The predicted molar refractivity (Wildman–Crippen MR) is 82.0 cm³/mol. The van der Waals surface area contributed by atoms with Crippen molar-refractivity contribution >= 4 is 34.5 Å². The normalized spacial score (nSPS) is 10.6. The van der Waals surface area contributed by atoms with Crippen molar-refractivity contribution in [3.8, 4) is 10.8 Å². The van der Waals surface area contributed by atoms with Crippen molar-refractivity contribution in [2.24, 2.45) is 0 Å². The van der Waals surface area contributed by atoms with Crippen molar-refractivity contribution in [1.82, 2.24) is 14.8 Å². The molecule has 22 heavy (non-hydrogen) atoms. The van der Waals surface area contributed by atoms with Crippen LogP contribution >= 0.6 is 22.9 Å². The van der Waals surface area contributed by atoms with Crippen LogP contribution in [0, 0.1) is 0 Å². The molecule has 0 aliphatic heterocycles. The number of anilines is 1. The molecule has 0 bridgehead atoms. The van der Waals surface area contributed by atoms with Crippen LogP contribution in [-0.2, 0) is 11.3 Å². The van der Waals surface area contributed by atoms with Gasteiger partial charge in [0.2, 0.25) is 5.91 Å². The van der Waals surface area contributed by atoms with Crippen LogP contribution in [0.2, 0.25) is 5.15 Å². The highest BCUT2D eigenvalue weighted by atomic mass is 35.5. The van der Waals surface area contributed by atoms with Gasteiger partial charge in [0.1, 0.15) is 6.54 Å². The minimum atomic E-state index is -0.698. The van der Waals surface area contributed by atoms with E-state index in [-0.39, 0.29) is 17.6 Å². The number of aromatic nitrogens is 3. The molecule has 0 atom stereocenters. The number of thiophene rings is 1. The lowest BCUT2D eigenvalue weighted by Gasteiger charge is -2.05. The molecule has 0 radical (unpaired) electrons. The Kier molecular flexibility index (Phi) is 4.03. The van der Waals surface area contributed by atoms with E-state index >= 15 is 0 Å². The molecule has 0 saturated heterocycles. The van der Waals surface area contributed by atoms with E-state index in [0.717, 1.165) is 4.68 Å². The second-order valence-corrected chi connectivity index (χ2v) is 5.50. The lowest BCUT2D eigenvalue weighted by atomic mass is 10.4. The Hall–Kier alpha value is -2.45. The van der Waals surface area contributed by atoms with Crippen LogP contribution < -0.4 is 11.1 Å². The predicted octanol–water partition coefficient (Wildman–Crippen LogP) is 2.25. The number of nitrogens with one attached hydrogen (secondary N) is 1. The lowest BCUT2D eigenvalue weighted by Crippen LogP contribution is -2.26. The second kappa shape index (κ2) is 6.12. The summed E-state index contributed by atoms with van der Waals surface area (Å²) in [7, 11) is 0. The Bertz CT molecular complexity index is 856. The Morgan fingerprint density at radius 3 is 3.00 bits per heavy atom. The molecule has 1 N–H and O–H groups in total. The molecule has 7 nitrogen and oxygen atoms in total. The van der Waals surface area contributed by atoms with E-state index in [1.807, 2.05) is 11.4 Å². The van der Waals surface area contributed by atoms with Gasteiger partial charge in [0.15, 0.2) is 5.15 Å². The highest BCUT2D eigenvalue weighted by Gasteiger charge is 2.14. The van der Waals surface area contributed by atoms with Crippen LogP contribution in [0.25, 0.3) is 10.8 Å². The molecule has 3 rings (SSSR count). The van der Waals surface area contributed by atoms with Crippen molar-refractivity contribution in [3.05, 3.63) is 51.5 Å². The van der Waals surface area contributed by atoms with Gasteiger partial charge < -0.3 is 9.73 Å². The molecule has 0 aliphatic carbocycles. The fraction of sp³-hybridized carbons (Fsp3) is 0.0769. The number of amides is 1. The van der Waals surface area contributed by atoms with Crippen LogP contribution in [0.3, 0.4) is 0 Å². The Morgan fingerprint density at radius 2 is 2.27 bits per heavy atom. The van der Waals surface area contributed by atoms with Crippen LogP contribution in [0.4, 0.5) is 5.69 Å². The molecular formula is C13H9ClN4O3S. The highest BCUT2D eigenvalue weighted by molar-refractivity contribution is 7.13. The van der Waals surface area contributed by atoms with Gasteiger partial charge in [0, 0.05) is 6.20 Å². The number of carbonyl (C=O) groups excluding carboxylic acids is 1. The number of hydrogen-bond donors (Lipinski definition) is 1. The summed E-state index contributed by atoms with van der Waals surface area (Å²) in [5.41, 5.74) is 0.365. The molecule has 0 saturated carbocycles. The fourth-order valence-electron chi connectivity index (χ4n) is 1.71. The number of rotatable bonds is 4. The third kappa shape index (κ3) is 3.07. The zero-order chi connectivity index (χ0) is 15.5. The quantitative estimate of drug-likeness (QED) is 0.738. The number of pyridine rings is 1. The number of carbonyl (C=O) groups is 1. The van der Waals surface area contributed by atoms with Gasteiger partial charge in [-0.25, -0.2) is 9.78 Å². The highest BCUT2D eigenvalue weighted by Crippen LogP contribution is 2.21. The minimum absolute atomic E-state index is 0.169. The van der Waals surface area contributed by atoms with Crippen molar-refractivity contribution in [1.29, 1.82) is 0 Å². The Morgan fingerprint density at radius 1 is 1.41 bits per heavy atom. The largest absolute Gasteiger partial charge is 0.437 e. The van der Waals surface area contributed by atoms with E-state index in [1.54, 1.807) is 18.2 Å². The monoisotopic (exact) mass is 336 g/mol. The summed E-state index contributed by atoms with van der Waals surface area (Å²) in [5, 5.41) is 8.56. The molecule has 112 valence electrons. The molecule has 3 aromatic rings. The average Bonchev–Trinajstić information content (AvgIpc) is 3.12. The van der Waals surface area contributed by atoms with E-state index < -0.39 is 11.7 Å². The maximum Gasteiger partial charge on any atom is 0.437 e. The zero-order valence-corrected chi connectivity index (χ0v) is 12.6. The SMILES string of the molecule is O=C(Cn1nc(-c2cccs2)oc1=O)Nc1cccnc1Cl. The molecule has 9 heteroatoms. The molecule has 0 fully saturated rings. The molecule has 0 aromatic carbocycles. The van der Waals surface area contributed by atoms with Crippen molar-refractivity contribution in [2.45, 2.75) is 6.54 Å². The first kappa shape index (κ1) is 14.5. The van der Waals surface area contributed by atoms with Crippen molar-refractivity contribution in [3.63, 3.8) is 0 Å².